The first-order valence-corrected chi connectivity index (χ1v) is 12.1. The minimum atomic E-state index is -3.66. The Bertz CT molecular complexity index is 1280. The topological polar surface area (TPSA) is 109 Å². The summed E-state index contributed by atoms with van der Waals surface area (Å²) in [6.07, 6.45) is -0.0742. The number of aryl methyl sites for hydroxylation is 1. The molecule has 4 rings (SSSR count). The number of nitrogens with one attached hydrogen (secondary N) is 1. The van der Waals surface area contributed by atoms with Gasteiger partial charge < -0.3 is 19.6 Å². The van der Waals surface area contributed by atoms with Crippen molar-refractivity contribution in [3.05, 3.63) is 53.1 Å². The number of aliphatic hydroxyl groups excluding tert-OH is 1. The standard InChI is InChI=1S/C23H26N2O6S/c1-13-5-7-15(8-6-13)22-21(23(27)24-3)18-9-17-14(2)30-16(12-26)11-25(32(4,28)29)19(17)10-20(18)31-22/h5-10,14,16,26H,11-12H2,1-4H3,(H,24,27)/t14-,16+/m1/s1. The summed E-state index contributed by atoms with van der Waals surface area (Å²) in [4.78, 5) is 12.8. The minimum absolute atomic E-state index is 0.0218. The lowest BCUT2D eigenvalue weighted by molar-refractivity contribution is -0.0227. The zero-order valence-corrected chi connectivity index (χ0v) is 19.2. The van der Waals surface area contributed by atoms with Crippen LogP contribution in [-0.4, -0.2) is 52.0 Å². The van der Waals surface area contributed by atoms with Crippen molar-refractivity contribution in [3.8, 4) is 11.3 Å². The van der Waals surface area contributed by atoms with Crippen LogP contribution >= 0.6 is 0 Å². The zero-order valence-electron chi connectivity index (χ0n) is 18.4. The number of nitrogens with zero attached hydrogens (tertiary/aromatic N) is 1. The number of carbonyl (C=O) groups excluding carboxylic acids is 1. The highest BCUT2D eigenvalue weighted by Gasteiger charge is 2.33. The number of sulfonamides is 1. The van der Waals surface area contributed by atoms with E-state index < -0.39 is 22.2 Å². The van der Waals surface area contributed by atoms with Gasteiger partial charge in [-0.2, -0.15) is 0 Å². The number of hydrogen-bond acceptors (Lipinski definition) is 6. The predicted octanol–water partition coefficient (Wildman–Crippen LogP) is 2.99. The molecule has 2 atom stereocenters. The summed E-state index contributed by atoms with van der Waals surface area (Å²) in [6, 6.07) is 11.0. The number of aliphatic hydroxyl groups is 1. The molecular formula is C23H26N2O6S. The van der Waals surface area contributed by atoms with Gasteiger partial charge in [-0.05, 0) is 19.9 Å². The summed E-state index contributed by atoms with van der Waals surface area (Å²) >= 11 is 0. The Morgan fingerprint density at radius 1 is 1.25 bits per heavy atom. The molecule has 9 heteroatoms. The molecule has 170 valence electrons. The SMILES string of the molecule is CNC(=O)c1c(-c2ccc(C)cc2)oc2cc3c(cc12)[C@@H](C)O[C@H](CO)CN3S(C)(=O)=O. The van der Waals surface area contributed by atoms with E-state index in [-0.39, 0.29) is 19.1 Å². The molecule has 0 saturated heterocycles. The molecule has 0 radical (unpaired) electrons. The van der Waals surface area contributed by atoms with Gasteiger partial charge in [-0.15, -0.1) is 0 Å². The van der Waals surface area contributed by atoms with Crippen molar-refractivity contribution >= 4 is 32.6 Å². The Morgan fingerprint density at radius 2 is 1.94 bits per heavy atom. The Kier molecular flexibility index (Phi) is 5.74. The first-order valence-electron chi connectivity index (χ1n) is 10.3. The summed E-state index contributed by atoms with van der Waals surface area (Å²) in [5.41, 5.74) is 3.59. The first-order chi connectivity index (χ1) is 15.1. The number of anilines is 1. The monoisotopic (exact) mass is 458 g/mol. The van der Waals surface area contributed by atoms with Crippen molar-refractivity contribution in [1.82, 2.24) is 5.32 Å². The Labute approximate surface area is 186 Å². The van der Waals surface area contributed by atoms with Crippen molar-refractivity contribution in [1.29, 1.82) is 0 Å². The van der Waals surface area contributed by atoms with Gasteiger partial charge in [0.2, 0.25) is 10.0 Å². The van der Waals surface area contributed by atoms with Crippen molar-refractivity contribution in [3.63, 3.8) is 0 Å². The van der Waals surface area contributed by atoms with E-state index in [9.17, 15) is 18.3 Å². The number of benzene rings is 2. The normalized spacial score (nSPS) is 19.0. The van der Waals surface area contributed by atoms with Gasteiger partial charge in [0, 0.05) is 29.6 Å². The van der Waals surface area contributed by atoms with Gasteiger partial charge >= 0.3 is 0 Å². The second-order valence-electron chi connectivity index (χ2n) is 8.04. The lowest BCUT2D eigenvalue weighted by Crippen LogP contribution is -2.38. The Morgan fingerprint density at radius 3 is 2.53 bits per heavy atom. The molecule has 2 aromatic carbocycles. The van der Waals surface area contributed by atoms with Gasteiger partial charge in [0.05, 0.1) is 42.9 Å². The van der Waals surface area contributed by atoms with Gasteiger partial charge in [-0.3, -0.25) is 9.10 Å². The number of carbonyl (C=O) groups is 1. The highest BCUT2D eigenvalue weighted by molar-refractivity contribution is 7.92. The maximum Gasteiger partial charge on any atom is 0.255 e. The van der Waals surface area contributed by atoms with Crippen LogP contribution in [0.2, 0.25) is 0 Å². The molecule has 0 spiro atoms. The minimum Gasteiger partial charge on any atom is -0.455 e. The molecule has 2 N–H and O–H groups in total. The fourth-order valence-electron chi connectivity index (χ4n) is 4.05. The lowest BCUT2D eigenvalue weighted by Gasteiger charge is -2.24. The highest BCUT2D eigenvalue weighted by Crippen LogP contribution is 2.42. The Hall–Kier alpha value is -2.88. The molecule has 0 fully saturated rings. The molecular weight excluding hydrogens is 432 g/mol. The second kappa shape index (κ2) is 8.23. The molecule has 2 heterocycles. The van der Waals surface area contributed by atoms with Crippen LogP contribution in [0.3, 0.4) is 0 Å². The third kappa shape index (κ3) is 3.87. The molecule has 8 nitrogen and oxygen atoms in total. The second-order valence-corrected chi connectivity index (χ2v) is 9.94. The lowest BCUT2D eigenvalue weighted by atomic mass is 10.00. The van der Waals surface area contributed by atoms with E-state index in [0.717, 1.165) is 17.4 Å². The largest absolute Gasteiger partial charge is 0.455 e. The van der Waals surface area contributed by atoms with E-state index >= 15 is 0 Å². The molecule has 0 bridgehead atoms. The molecule has 0 aliphatic carbocycles. The summed E-state index contributed by atoms with van der Waals surface area (Å²) in [7, 11) is -2.11. The summed E-state index contributed by atoms with van der Waals surface area (Å²) < 4.78 is 38.4. The van der Waals surface area contributed by atoms with Crippen LogP contribution in [0.4, 0.5) is 5.69 Å². The van der Waals surface area contributed by atoms with Crippen molar-refractivity contribution in [2.24, 2.45) is 0 Å². The number of furan rings is 1. The summed E-state index contributed by atoms with van der Waals surface area (Å²) in [6.45, 7) is 3.42. The maximum atomic E-state index is 12.8. The highest BCUT2D eigenvalue weighted by atomic mass is 32.2. The third-order valence-electron chi connectivity index (χ3n) is 5.68. The quantitative estimate of drug-likeness (QED) is 0.622. The zero-order chi connectivity index (χ0) is 23.2. The van der Waals surface area contributed by atoms with Crippen LogP contribution in [0.15, 0.2) is 40.8 Å². The number of amides is 1. The smallest absolute Gasteiger partial charge is 0.255 e. The Balaban J connectivity index is 2.01. The van der Waals surface area contributed by atoms with Crippen LogP contribution in [0, 0.1) is 6.92 Å². The van der Waals surface area contributed by atoms with Crippen LogP contribution in [0.5, 0.6) is 0 Å². The summed E-state index contributed by atoms with van der Waals surface area (Å²) in [5, 5.41) is 12.9. The van der Waals surface area contributed by atoms with E-state index in [1.165, 1.54) is 4.31 Å². The molecule has 3 aromatic rings. The molecule has 1 amide bonds. The van der Waals surface area contributed by atoms with E-state index in [1.807, 2.05) is 31.2 Å². The van der Waals surface area contributed by atoms with Crippen LogP contribution in [0.1, 0.15) is 34.5 Å². The van der Waals surface area contributed by atoms with Gasteiger partial charge in [-0.25, -0.2) is 8.42 Å². The van der Waals surface area contributed by atoms with Crippen LogP contribution in [0.25, 0.3) is 22.3 Å². The van der Waals surface area contributed by atoms with E-state index in [1.54, 1.807) is 26.1 Å². The molecule has 32 heavy (non-hydrogen) atoms. The van der Waals surface area contributed by atoms with E-state index in [0.29, 0.717) is 33.5 Å². The maximum absolute atomic E-state index is 12.8. The van der Waals surface area contributed by atoms with Gasteiger partial charge in [-0.1, -0.05) is 29.8 Å². The molecule has 0 unspecified atom stereocenters. The van der Waals surface area contributed by atoms with Crippen LogP contribution < -0.4 is 9.62 Å². The fourth-order valence-corrected chi connectivity index (χ4v) is 5.00. The average Bonchev–Trinajstić information content (AvgIpc) is 3.05. The number of ether oxygens (including phenoxy) is 1. The van der Waals surface area contributed by atoms with Crippen molar-refractivity contribution in [2.45, 2.75) is 26.1 Å². The first kappa shape index (κ1) is 22.3. The molecule has 1 aromatic heterocycles. The number of hydrogen-bond donors (Lipinski definition) is 2. The summed E-state index contributed by atoms with van der Waals surface area (Å²) in [5.74, 6) is 0.0990. The van der Waals surface area contributed by atoms with Crippen LogP contribution in [-0.2, 0) is 14.8 Å². The van der Waals surface area contributed by atoms with E-state index in [2.05, 4.69) is 5.32 Å². The number of rotatable bonds is 4. The molecule has 0 saturated carbocycles. The average molecular weight is 459 g/mol. The predicted molar refractivity (Wildman–Crippen MR) is 122 cm³/mol. The van der Waals surface area contributed by atoms with Crippen molar-refractivity contribution in [2.75, 3.05) is 30.8 Å². The number of fused-ring (bicyclic) bond motifs is 2. The molecule has 1 aliphatic rings. The van der Waals surface area contributed by atoms with Gasteiger partial charge in [0.15, 0.2) is 0 Å². The van der Waals surface area contributed by atoms with E-state index in [4.69, 9.17) is 9.15 Å². The fraction of sp³-hybridized carbons (Fsp3) is 0.348. The third-order valence-corrected chi connectivity index (χ3v) is 6.83. The van der Waals surface area contributed by atoms with Crippen molar-refractivity contribution < 1.29 is 27.5 Å². The molecule has 1 aliphatic heterocycles. The van der Waals surface area contributed by atoms with Gasteiger partial charge in [0.1, 0.15) is 11.3 Å². The van der Waals surface area contributed by atoms with Gasteiger partial charge in [0.25, 0.3) is 5.91 Å².